The van der Waals surface area contributed by atoms with Crippen LogP contribution in [-0.2, 0) is 13.0 Å². The zero-order valence-electron chi connectivity index (χ0n) is 11.0. The molecule has 2 aromatic heterocycles. The van der Waals surface area contributed by atoms with Crippen molar-refractivity contribution in [2.45, 2.75) is 13.0 Å². The molecule has 0 aliphatic rings. The van der Waals surface area contributed by atoms with E-state index in [0.717, 1.165) is 17.0 Å². The van der Waals surface area contributed by atoms with E-state index in [4.69, 9.17) is 27.6 Å². The fourth-order valence-corrected chi connectivity index (χ4v) is 2.31. The molecule has 0 saturated heterocycles. The fourth-order valence-electron chi connectivity index (χ4n) is 1.93. The summed E-state index contributed by atoms with van der Waals surface area (Å²) in [6, 6.07) is 7.38. The van der Waals surface area contributed by atoms with E-state index in [1.165, 1.54) is 0 Å². The standard InChI is InChI=1S/C14H12Cl2N4O/c15-5-4-12-7-20(19-18-12)8-13-9-21-14(17-13)10-2-1-3-11(16)6-10/h1-3,6-7,9H,4-5,8H2. The van der Waals surface area contributed by atoms with Gasteiger partial charge >= 0.3 is 0 Å². The van der Waals surface area contributed by atoms with Gasteiger partial charge in [0.1, 0.15) is 12.0 Å². The Labute approximate surface area is 131 Å². The zero-order chi connectivity index (χ0) is 14.7. The lowest BCUT2D eigenvalue weighted by atomic mass is 10.2. The van der Waals surface area contributed by atoms with E-state index in [0.29, 0.717) is 29.8 Å². The molecule has 0 unspecified atom stereocenters. The van der Waals surface area contributed by atoms with Crippen molar-refractivity contribution in [2.75, 3.05) is 5.88 Å². The van der Waals surface area contributed by atoms with Crippen LogP contribution < -0.4 is 0 Å². The molecule has 0 aliphatic heterocycles. The second-order valence-corrected chi connectivity index (χ2v) is 5.32. The highest BCUT2D eigenvalue weighted by Gasteiger charge is 2.09. The lowest BCUT2D eigenvalue weighted by Gasteiger charge is -1.96. The maximum Gasteiger partial charge on any atom is 0.226 e. The number of rotatable bonds is 5. The predicted octanol–water partition coefficient (Wildman–Crippen LogP) is 3.42. The van der Waals surface area contributed by atoms with Crippen molar-refractivity contribution in [3.8, 4) is 11.5 Å². The molecule has 21 heavy (non-hydrogen) atoms. The Bertz CT molecular complexity index is 738. The minimum atomic E-state index is 0.499. The Morgan fingerprint density at radius 1 is 1.24 bits per heavy atom. The monoisotopic (exact) mass is 322 g/mol. The van der Waals surface area contributed by atoms with Gasteiger partial charge in [-0.2, -0.15) is 0 Å². The maximum absolute atomic E-state index is 5.96. The van der Waals surface area contributed by atoms with Crippen LogP contribution in [0.4, 0.5) is 0 Å². The van der Waals surface area contributed by atoms with E-state index in [9.17, 15) is 0 Å². The van der Waals surface area contributed by atoms with Crippen molar-refractivity contribution in [3.63, 3.8) is 0 Å². The SMILES string of the molecule is ClCCc1cn(Cc2coc(-c3cccc(Cl)c3)n2)nn1. The van der Waals surface area contributed by atoms with Gasteiger partial charge in [0.2, 0.25) is 5.89 Å². The number of aromatic nitrogens is 4. The van der Waals surface area contributed by atoms with Gasteiger partial charge in [-0.15, -0.1) is 16.7 Å². The Hall–Kier alpha value is -1.85. The molecule has 0 spiro atoms. The largest absolute Gasteiger partial charge is 0.444 e. The highest BCUT2D eigenvalue weighted by molar-refractivity contribution is 6.30. The molecule has 2 heterocycles. The minimum absolute atomic E-state index is 0.499. The average molecular weight is 323 g/mol. The summed E-state index contributed by atoms with van der Waals surface area (Å²) in [5, 5.41) is 8.71. The van der Waals surface area contributed by atoms with Gasteiger partial charge in [-0.25, -0.2) is 9.67 Å². The number of hydrogen-bond donors (Lipinski definition) is 0. The Morgan fingerprint density at radius 3 is 2.95 bits per heavy atom. The van der Waals surface area contributed by atoms with Crippen LogP contribution in [0.1, 0.15) is 11.4 Å². The highest BCUT2D eigenvalue weighted by atomic mass is 35.5. The number of benzene rings is 1. The van der Waals surface area contributed by atoms with E-state index in [1.54, 1.807) is 10.9 Å². The second-order valence-electron chi connectivity index (χ2n) is 4.50. The molecule has 5 nitrogen and oxygen atoms in total. The Kier molecular flexibility index (Phi) is 4.22. The van der Waals surface area contributed by atoms with Crippen LogP contribution in [0, 0.1) is 0 Å². The molecule has 7 heteroatoms. The quantitative estimate of drug-likeness (QED) is 0.675. The summed E-state index contributed by atoms with van der Waals surface area (Å²) in [5.74, 6) is 1.07. The zero-order valence-corrected chi connectivity index (χ0v) is 12.6. The van der Waals surface area contributed by atoms with Crippen LogP contribution in [0.3, 0.4) is 0 Å². The van der Waals surface area contributed by atoms with Crippen molar-refractivity contribution in [1.82, 2.24) is 20.0 Å². The molecule has 0 N–H and O–H groups in total. The molecule has 3 rings (SSSR count). The number of oxazole rings is 1. The predicted molar refractivity (Wildman–Crippen MR) is 80.5 cm³/mol. The third kappa shape index (κ3) is 3.43. The third-order valence-corrected chi connectivity index (χ3v) is 3.31. The smallest absolute Gasteiger partial charge is 0.226 e. The number of aryl methyl sites for hydroxylation is 1. The van der Waals surface area contributed by atoms with Gasteiger partial charge in [0.25, 0.3) is 0 Å². The average Bonchev–Trinajstić information content (AvgIpc) is 3.10. The number of halogens is 2. The van der Waals surface area contributed by atoms with Crippen LogP contribution in [0.25, 0.3) is 11.5 Å². The number of hydrogen-bond acceptors (Lipinski definition) is 4. The first kappa shape index (κ1) is 14.1. The van der Waals surface area contributed by atoms with E-state index in [-0.39, 0.29) is 0 Å². The first-order chi connectivity index (χ1) is 10.2. The van der Waals surface area contributed by atoms with Gasteiger partial charge in [0.15, 0.2) is 0 Å². The Morgan fingerprint density at radius 2 is 2.14 bits per heavy atom. The molecular weight excluding hydrogens is 311 g/mol. The first-order valence-corrected chi connectivity index (χ1v) is 7.31. The van der Waals surface area contributed by atoms with Crippen LogP contribution in [0.2, 0.25) is 5.02 Å². The maximum atomic E-state index is 5.96. The number of alkyl halides is 1. The minimum Gasteiger partial charge on any atom is -0.444 e. The molecule has 0 aliphatic carbocycles. The molecule has 0 atom stereocenters. The number of nitrogens with zero attached hydrogens (tertiary/aromatic N) is 4. The van der Waals surface area contributed by atoms with Crippen molar-refractivity contribution < 1.29 is 4.42 Å². The van der Waals surface area contributed by atoms with E-state index in [2.05, 4.69) is 15.3 Å². The van der Waals surface area contributed by atoms with Gasteiger partial charge in [0.05, 0.1) is 12.2 Å². The summed E-state index contributed by atoms with van der Waals surface area (Å²) in [5.41, 5.74) is 2.48. The lowest BCUT2D eigenvalue weighted by Crippen LogP contribution is -2.00. The highest BCUT2D eigenvalue weighted by Crippen LogP contribution is 2.22. The van der Waals surface area contributed by atoms with Crippen molar-refractivity contribution in [1.29, 1.82) is 0 Å². The normalized spacial score (nSPS) is 11.0. The molecule has 0 amide bonds. The molecule has 0 bridgehead atoms. The van der Waals surface area contributed by atoms with Crippen LogP contribution in [0.15, 0.2) is 41.1 Å². The van der Waals surface area contributed by atoms with Crippen molar-refractivity contribution >= 4 is 23.2 Å². The van der Waals surface area contributed by atoms with Crippen LogP contribution >= 0.6 is 23.2 Å². The molecule has 0 radical (unpaired) electrons. The topological polar surface area (TPSA) is 56.7 Å². The molecule has 108 valence electrons. The second kappa shape index (κ2) is 6.28. The molecule has 0 fully saturated rings. The van der Waals surface area contributed by atoms with Gasteiger partial charge in [-0.3, -0.25) is 0 Å². The molecule has 0 saturated carbocycles. The lowest BCUT2D eigenvalue weighted by molar-refractivity contribution is 0.568. The van der Waals surface area contributed by atoms with E-state index >= 15 is 0 Å². The van der Waals surface area contributed by atoms with Crippen LogP contribution in [-0.4, -0.2) is 25.9 Å². The summed E-state index contributed by atoms with van der Waals surface area (Å²) in [6.07, 6.45) is 4.17. The van der Waals surface area contributed by atoms with Gasteiger partial charge in [0, 0.05) is 29.1 Å². The van der Waals surface area contributed by atoms with Gasteiger partial charge in [-0.05, 0) is 18.2 Å². The summed E-state index contributed by atoms with van der Waals surface area (Å²) in [4.78, 5) is 4.43. The van der Waals surface area contributed by atoms with Gasteiger partial charge < -0.3 is 4.42 Å². The fraction of sp³-hybridized carbons (Fsp3) is 0.214. The van der Waals surface area contributed by atoms with Crippen molar-refractivity contribution in [2.24, 2.45) is 0 Å². The summed E-state index contributed by atoms with van der Waals surface area (Å²) in [6.45, 7) is 0.499. The molecular formula is C14H12Cl2N4O. The van der Waals surface area contributed by atoms with Crippen molar-refractivity contribution in [3.05, 3.63) is 53.1 Å². The molecule has 1 aromatic carbocycles. The third-order valence-electron chi connectivity index (χ3n) is 2.88. The summed E-state index contributed by atoms with van der Waals surface area (Å²) < 4.78 is 7.19. The van der Waals surface area contributed by atoms with E-state index in [1.807, 2.05) is 30.5 Å². The Balaban J connectivity index is 1.75. The summed E-state index contributed by atoms with van der Waals surface area (Å²) >= 11 is 11.6. The first-order valence-electron chi connectivity index (χ1n) is 6.40. The molecule has 3 aromatic rings. The van der Waals surface area contributed by atoms with E-state index < -0.39 is 0 Å². The summed E-state index contributed by atoms with van der Waals surface area (Å²) in [7, 11) is 0. The van der Waals surface area contributed by atoms with Gasteiger partial charge in [-0.1, -0.05) is 22.9 Å². The van der Waals surface area contributed by atoms with Crippen LogP contribution in [0.5, 0.6) is 0 Å².